The van der Waals surface area contributed by atoms with Crippen molar-refractivity contribution in [2.24, 2.45) is 0 Å². The van der Waals surface area contributed by atoms with Crippen LogP contribution in [0.15, 0.2) is 24.3 Å². The highest BCUT2D eigenvalue weighted by Crippen LogP contribution is 2.07. The maximum absolute atomic E-state index is 12.9. The van der Waals surface area contributed by atoms with E-state index in [1.807, 2.05) is 12.1 Å². The van der Waals surface area contributed by atoms with Crippen molar-refractivity contribution in [2.45, 2.75) is 45.7 Å². The minimum Gasteiger partial charge on any atom is -0.313 e. The molecule has 0 aliphatic rings. The quantitative estimate of drug-likeness (QED) is 0.736. The lowest BCUT2D eigenvalue weighted by atomic mass is 10.1. The second-order valence-electron chi connectivity index (χ2n) is 5.26. The number of hydrogen-bond donors (Lipinski definition) is 1. The average molecular weight is 266 g/mol. The van der Waals surface area contributed by atoms with Gasteiger partial charge in [0, 0.05) is 19.1 Å². The van der Waals surface area contributed by atoms with Crippen LogP contribution in [0.1, 0.15) is 38.7 Å². The zero-order valence-electron chi connectivity index (χ0n) is 12.5. The molecule has 3 heteroatoms. The molecule has 1 aromatic rings. The van der Waals surface area contributed by atoms with E-state index in [2.05, 4.69) is 31.1 Å². The highest BCUT2D eigenvalue weighted by molar-refractivity contribution is 5.15. The number of nitrogens with zero attached hydrogens (tertiary/aromatic N) is 1. The molecule has 1 unspecified atom stereocenters. The molecule has 1 atom stereocenters. The van der Waals surface area contributed by atoms with Gasteiger partial charge in [0.25, 0.3) is 0 Å². The third kappa shape index (κ3) is 6.69. The second-order valence-corrected chi connectivity index (χ2v) is 5.26. The molecule has 1 aromatic carbocycles. The van der Waals surface area contributed by atoms with Crippen LogP contribution in [-0.2, 0) is 6.54 Å². The van der Waals surface area contributed by atoms with Crippen LogP contribution < -0.4 is 5.32 Å². The van der Waals surface area contributed by atoms with E-state index >= 15 is 0 Å². The Labute approximate surface area is 117 Å². The van der Waals surface area contributed by atoms with E-state index in [0.717, 1.165) is 25.2 Å². The number of hydrogen-bond acceptors (Lipinski definition) is 2. The van der Waals surface area contributed by atoms with Gasteiger partial charge in [0.15, 0.2) is 0 Å². The predicted octanol–water partition coefficient (Wildman–Crippen LogP) is 3.43. The first-order chi connectivity index (χ1) is 9.15. The van der Waals surface area contributed by atoms with Crippen LogP contribution in [-0.4, -0.2) is 31.1 Å². The zero-order chi connectivity index (χ0) is 14.1. The van der Waals surface area contributed by atoms with Crippen LogP contribution in [0.4, 0.5) is 4.39 Å². The lowest BCUT2D eigenvalue weighted by Crippen LogP contribution is -2.39. The Morgan fingerprint density at radius 3 is 2.42 bits per heavy atom. The Kier molecular flexibility index (Phi) is 7.68. The summed E-state index contributed by atoms with van der Waals surface area (Å²) in [6.45, 7) is 7.40. The van der Waals surface area contributed by atoms with E-state index < -0.39 is 0 Å². The van der Waals surface area contributed by atoms with Crippen LogP contribution in [0.2, 0.25) is 0 Å². The molecule has 0 saturated heterocycles. The molecule has 0 heterocycles. The summed E-state index contributed by atoms with van der Waals surface area (Å²) in [6.07, 6.45) is 3.57. The van der Waals surface area contributed by atoms with Crippen molar-refractivity contribution in [3.63, 3.8) is 0 Å². The molecular weight excluding hydrogens is 239 g/mol. The van der Waals surface area contributed by atoms with Gasteiger partial charge >= 0.3 is 0 Å². The summed E-state index contributed by atoms with van der Waals surface area (Å²) in [5.41, 5.74) is 1.16. The minimum absolute atomic E-state index is 0.167. The summed E-state index contributed by atoms with van der Waals surface area (Å²) < 4.78 is 12.9. The lowest BCUT2D eigenvalue weighted by Gasteiger charge is -2.25. The van der Waals surface area contributed by atoms with Crippen molar-refractivity contribution in [3.05, 3.63) is 35.6 Å². The van der Waals surface area contributed by atoms with Crippen molar-refractivity contribution in [1.29, 1.82) is 0 Å². The van der Waals surface area contributed by atoms with Gasteiger partial charge < -0.3 is 10.2 Å². The highest BCUT2D eigenvalue weighted by atomic mass is 19.1. The first-order valence-electron chi connectivity index (χ1n) is 7.32. The van der Waals surface area contributed by atoms with Gasteiger partial charge in [-0.1, -0.05) is 32.4 Å². The zero-order valence-corrected chi connectivity index (χ0v) is 12.5. The summed E-state index contributed by atoms with van der Waals surface area (Å²) in [7, 11) is 2.12. The average Bonchev–Trinajstić information content (AvgIpc) is 2.39. The van der Waals surface area contributed by atoms with Gasteiger partial charge in [-0.05, 0) is 44.1 Å². The second kappa shape index (κ2) is 9.05. The van der Waals surface area contributed by atoms with E-state index in [9.17, 15) is 4.39 Å². The van der Waals surface area contributed by atoms with E-state index in [4.69, 9.17) is 0 Å². The van der Waals surface area contributed by atoms with Crippen molar-refractivity contribution >= 4 is 0 Å². The monoisotopic (exact) mass is 266 g/mol. The first kappa shape index (κ1) is 16.1. The number of halogens is 1. The molecule has 19 heavy (non-hydrogen) atoms. The van der Waals surface area contributed by atoms with Crippen LogP contribution in [0.3, 0.4) is 0 Å². The fourth-order valence-electron chi connectivity index (χ4n) is 2.30. The molecule has 0 aliphatic carbocycles. The summed E-state index contributed by atoms with van der Waals surface area (Å²) in [6, 6.07) is 7.33. The SMILES string of the molecule is CCCNC(CCC)CN(C)Cc1ccc(F)cc1. The van der Waals surface area contributed by atoms with E-state index in [0.29, 0.717) is 6.04 Å². The van der Waals surface area contributed by atoms with Crippen LogP contribution >= 0.6 is 0 Å². The maximum atomic E-state index is 12.9. The first-order valence-corrected chi connectivity index (χ1v) is 7.32. The largest absolute Gasteiger partial charge is 0.313 e. The van der Waals surface area contributed by atoms with Gasteiger partial charge in [0.1, 0.15) is 5.82 Å². The Bertz CT molecular complexity index is 337. The molecule has 1 N–H and O–H groups in total. The summed E-state index contributed by atoms with van der Waals surface area (Å²) in [4.78, 5) is 2.30. The van der Waals surface area contributed by atoms with Crippen molar-refractivity contribution in [1.82, 2.24) is 10.2 Å². The van der Waals surface area contributed by atoms with Crippen LogP contribution in [0, 0.1) is 5.82 Å². The van der Waals surface area contributed by atoms with Crippen molar-refractivity contribution < 1.29 is 4.39 Å². The fourth-order valence-corrected chi connectivity index (χ4v) is 2.30. The van der Waals surface area contributed by atoms with Gasteiger partial charge in [-0.25, -0.2) is 4.39 Å². The van der Waals surface area contributed by atoms with Crippen LogP contribution in [0.25, 0.3) is 0 Å². The lowest BCUT2D eigenvalue weighted by molar-refractivity contribution is 0.273. The van der Waals surface area contributed by atoms with Crippen LogP contribution in [0.5, 0.6) is 0 Å². The van der Waals surface area contributed by atoms with Crippen molar-refractivity contribution in [3.8, 4) is 0 Å². The molecule has 0 aromatic heterocycles. The van der Waals surface area contributed by atoms with E-state index in [1.165, 1.54) is 31.4 Å². The summed E-state index contributed by atoms with van der Waals surface area (Å²) in [5.74, 6) is -0.167. The van der Waals surface area contributed by atoms with E-state index in [1.54, 1.807) is 0 Å². The molecular formula is C16H27FN2. The van der Waals surface area contributed by atoms with Gasteiger partial charge in [-0.3, -0.25) is 0 Å². The molecule has 0 fully saturated rings. The topological polar surface area (TPSA) is 15.3 Å². The van der Waals surface area contributed by atoms with Crippen molar-refractivity contribution in [2.75, 3.05) is 20.1 Å². The standard InChI is InChI=1S/C16H27FN2/c1-4-6-16(18-11-5-2)13-19(3)12-14-7-9-15(17)10-8-14/h7-10,16,18H,4-6,11-13H2,1-3H3. The molecule has 0 aliphatic heterocycles. The maximum Gasteiger partial charge on any atom is 0.123 e. The Morgan fingerprint density at radius 2 is 1.84 bits per heavy atom. The highest BCUT2D eigenvalue weighted by Gasteiger charge is 2.10. The number of likely N-dealkylation sites (N-methyl/N-ethyl adjacent to an activating group) is 1. The van der Waals surface area contributed by atoms with Gasteiger partial charge in [-0.15, -0.1) is 0 Å². The molecule has 1 rings (SSSR count). The molecule has 0 spiro atoms. The summed E-state index contributed by atoms with van der Waals surface area (Å²) >= 11 is 0. The van der Waals surface area contributed by atoms with Gasteiger partial charge in [-0.2, -0.15) is 0 Å². The normalized spacial score (nSPS) is 12.9. The predicted molar refractivity (Wildman–Crippen MR) is 79.7 cm³/mol. The number of nitrogens with one attached hydrogen (secondary N) is 1. The fraction of sp³-hybridized carbons (Fsp3) is 0.625. The number of benzene rings is 1. The van der Waals surface area contributed by atoms with Gasteiger partial charge in [0.2, 0.25) is 0 Å². The smallest absolute Gasteiger partial charge is 0.123 e. The minimum atomic E-state index is -0.167. The Morgan fingerprint density at radius 1 is 1.16 bits per heavy atom. The Balaban J connectivity index is 2.42. The molecule has 0 saturated carbocycles. The third-order valence-electron chi connectivity index (χ3n) is 3.22. The molecule has 2 nitrogen and oxygen atoms in total. The molecule has 0 radical (unpaired) electrons. The number of rotatable bonds is 9. The Hall–Kier alpha value is -0.930. The molecule has 108 valence electrons. The third-order valence-corrected chi connectivity index (χ3v) is 3.22. The molecule has 0 amide bonds. The van der Waals surface area contributed by atoms with Gasteiger partial charge in [0.05, 0.1) is 0 Å². The molecule has 0 bridgehead atoms. The van der Waals surface area contributed by atoms with E-state index in [-0.39, 0.29) is 5.82 Å². The summed E-state index contributed by atoms with van der Waals surface area (Å²) in [5, 5.41) is 3.59.